The summed E-state index contributed by atoms with van der Waals surface area (Å²) in [5, 5.41) is 0. The molecule has 0 heterocycles. The van der Waals surface area contributed by atoms with E-state index in [9.17, 15) is 0 Å². The molecule has 4 nitrogen and oxygen atoms in total. The second kappa shape index (κ2) is 10.7. The zero-order chi connectivity index (χ0) is 14.0. The van der Waals surface area contributed by atoms with E-state index in [0.29, 0.717) is 19.8 Å². The van der Waals surface area contributed by atoms with Gasteiger partial charge in [0, 0.05) is 6.61 Å². The van der Waals surface area contributed by atoms with E-state index in [1.807, 2.05) is 41.5 Å². The van der Waals surface area contributed by atoms with E-state index in [0.717, 1.165) is 6.61 Å². The second-order valence-electron chi connectivity index (χ2n) is 4.94. The van der Waals surface area contributed by atoms with Crippen molar-refractivity contribution in [2.45, 2.75) is 66.0 Å². The third-order valence-electron chi connectivity index (χ3n) is 2.35. The fraction of sp³-hybridized carbons (Fsp3) is 1.00. The monoisotopic (exact) mass is 262 g/mol. The molecule has 0 bridgehead atoms. The van der Waals surface area contributed by atoms with Crippen molar-refractivity contribution in [1.29, 1.82) is 0 Å². The van der Waals surface area contributed by atoms with E-state index >= 15 is 0 Å². The number of rotatable bonds is 11. The number of ether oxygens (including phenoxy) is 4. The van der Waals surface area contributed by atoms with Crippen molar-refractivity contribution in [1.82, 2.24) is 0 Å². The summed E-state index contributed by atoms with van der Waals surface area (Å²) in [4.78, 5) is 0. The van der Waals surface area contributed by atoms with Gasteiger partial charge in [0.2, 0.25) is 0 Å². The van der Waals surface area contributed by atoms with Crippen LogP contribution in [0.2, 0.25) is 0 Å². The Morgan fingerprint density at radius 3 is 1.39 bits per heavy atom. The summed E-state index contributed by atoms with van der Waals surface area (Å²) in [7, 11) is 0. The van der Waals surface area contributed by atoms with Crippen LogP contribution in [0.3, 0.4) is 0 Å². The quantitative estimate of drug-likeness (QED) is 0.573. The molecular weight excluding hydrogens is 232 g/mol. The van der Waals surface area contributed by atoms with Crippen molar-refractivity contribution < 1.29 is 18.9 Å². The van der Waals surface area contributed by atoms with Crippen LogP contribution in [0.1, 0.15) is 41.5 Å². The molecule has 0 fully saturated rings. The van der Waals surface area contributed by atoms with Crippen LogP contribution < -0.4 is 0 Å². The molecule has 3 unspecified atom stereocenters. The minimum atomic E-state index is 0.0782. The highest BCUT2D eigenvalue weighted by atomic mass is 16.6. The smallest absolute Gasteiger partial charge is 0.0781 e. The van der Waals surface area contributed by atoms with Gasteiger partial charge in [-0.25, -0.2) is 0 Å². The summed E-state index contributed by atoms with van der Waals surface area (Å²) in [5.74, 6) is 0. The predicted molar refractivity (Wildman–Crippen MR) is 73.0 cm³/mol. The van der Waals surface area contributed by atoms with Crippen molar-refractivity contribution in [3.63, 3.8) is 0 Å². The third-order valence-corrected chi connectivity index (χ3v) is 2.35. The Balaban J connectivity index is 3.54. The summed E-state index contributed by atoms with van der Waals surface area (Å²) in [6.45, 7) is 14.6. The lowest BCUT2D eigenvalue weighted by Gasteiger charge is -2.20. The van der Waals surface area contributed by atoms with Crippen molar-refractivity contribution in [3.8, 4) is 0 Å². The van der Waals surface area contributed by atoms with Crippen molar-refractivity contribution >= 4 is 0 Å². The molecule has 0 aromatic carbocycles. The summed E-state index contributed by atoms with van der Waals surface area (Å²) in [6, 6.07) is 0. The molecule has 0 saturated carbocycles. The molecule has 0 aliphatic rings. The molecule has 0 saturated heterocycles. The van der Waals surface area contributed by atoms with Crippen LogP contribution in [0.5, 0.6) is 0 Å². The van der Waals surface area contributed by atoms with Gasteiger partial charge in [-0.2, -0.15) is 0 Å². The van der Waals surface area contributed by atoms with Gasteiger partial charge in [-0.1, -0.05) is 0 Å². The summed E-state index contributed by atoms with van der Waals surface area (Å²) < 4.78 is 22.2. The van der Waals surface area contributed by atoms with Crippen LogP contribution in [0.25, 0.3) is 0 Å². The molecule has 4 heteroatoms. The molecule has 110 valence electrons. The molecule has 0 aromatic rings. The molecule has 0 aliphatic heterocycles. The largest absolute Gasteiger partial charge is 0.376 e. The summed E-state index contributed by atoms with van der Waals surface area (Å²) in [5.41, 5.74) is 0. The van der Waals surface area contributed by atoms with E-state index < -0.39 is 0 Å². The van der Waals surface area contributed by atoms with Gasteiger partial charge in [0.15, 0.2) is 0 Å². The Hall–Kier alpha value is -0.160. The Morgan fingerprint density at radius 2 is 1.00 bits per heavy atom. The standard InChI is InChI=1S/C14H30O4/c1-7-15-12(4)9-17-14(6)10-18-13(5)8-16-11(2)3/h11-14H,7-10H2,1-6H3. The lowest BCUT2D eigenvalue weighted by molar-refractivity contribution is -0.0833. The Bertz CT molecular complexity index is 185. The van der Waals surface area contributed by atoms with Gasteiger partial charge >= 0.3 is 0 Å². The first-order valence-corrected chi connectivity index (χ1v) is 6.92. The zero-order valence-electron chi connectivity index (χ0n) is 12.8. The first kappa shape index (κ1) is 17.8. The zero-order valence-corrected chi connectivity index (χ0v) is 12.8. The molecule has 0 aromatic heterocycles. The molecule has 0 aliphatic carbocycles. The topological polar surface area (TPSA) is 36.9 Å². The molecule has 0 amide bonds. The first-order chi connectivity index (χ1) is 8.45. The maximum atomic E-state index is 5.66. The van der Waals surface area contributed by atoms with Crippen LogP contribution in [0, 0.1) is 0 Å². The van der Waals surface area contributed by atoms with E-state index in [4.69, 9.17) is 18.9 Å². The van der Waals surface area contributed by atoms with E-state index in [-0.39, 0.29) is 24.4 Å². The highest BCUT2D eigenvalue weighted by Crippen LogP contribution is 2.01. The lowest BCUT2D eigenvalue weighted by Crippen LogP contribution is -2.27. The first-order valence-electron chi connectivity index (χ1n) is 6.92. The van der Waals surface area contributed by atoms with E-state index in [1.54, 1.807) is 0 Å². The Labute approximate surface area is 112 Å². The van der Waals surface area contributed by atoms with E-state index in [1.165, 1.54) is 0 Å². The van der Waals surface area contributed by atoms with Gasteiger partial charge in [0.1, 0.15) is 0 Å². The predicted octanol–water partition coefficient (Wildman–Crippen LogP) is 2.65. The van der Waals surface area contributed by atoms with Crippen LogP contribution in [0.15, 0.2) is 0 Å². The van der Waals surface area contributed by atoms with Crippen molar-refractivity contribution in [2.75, 3.05) is 26.4 Å². The van der Waals surface area contributed by atoms with Gasteiger partial charge in [0.05, 0.1) is 44.2 Å². The molecule has 3 atom stereocenters. The highest BCUT2D eigenvalue weighted by Gasteiger charge is 2.10. The van der Waals surface area contributed by atoms with Gasteiger partial charge in [-0.05, 0) is 41.5 Å². The fourth-order valence-electron chi connectivity index (χ4n) is 1.36. The Morgan fingerprint density at radius 1 is 0.611 bits per heavy atom. The minimum Gasteiger partial charge on any atom is -0.376 e. The molecule has 0 radical (unpaired) electrons. The molecular formula is C14H30O4. The van der Waals surface area contributed by atoms with E-state index in [2.05, 4.69) is 0 Å². The molecule has 0 N–H and O–H groups in total. The van der Waals surface area contributed by atoms with Gasteiger partial charge < -0.3 is 18.9 Å². The van der Waals surface area contributed by atoms with Gasteiger partial charge in [-0.3, -0.25) is 0 Å². The average Bonchev–Trinajstić information content (AvgIpc) is 2.31. The summed E-state index contributed by atoms with van der Waals surface area (Å²) in [6.07, 6.45) is 0.563. The maximum Gasteiger partial charge on any atom is 0.0781 e. The lowest BCUT2D eigenvalue weighted by atomic mass is 10.4. The minimum absolute atomic E-state index is 0.0782. The SMILES string of the molecule is CCOC(C)COC(C)COC(C)COC(C)C. The second-order valence-corrected chi connectivity index (χ2v) is 4.94. The van der Waals surface area contributed by atoms with Crippen LogP contribution in [-0.2, 0) is 18.9 Å². The maximum absolute atomic E-state index is 5.66. The molecule has 0 spiro atoms. The molecule has 0 rings (SSSR count). The fourth-order valence-corrected chi connectivity index (χ4v) is 1.36. The number of hydrogen-bond acceptors (Lipinski definition) is 4. The average molecular weight is 262 g/mol. The van der Waals surface area contributed by atoms with Gasteiger partial charge in [-0.15, -0.1) is 0 Å². The van der Waals surface area contributed by atoms with Crippen LogP contribution in [0.4, 0.5) is 0 Å². The van der Waals surface area contributed by atoms with Crippen LogP contribution >= 0.6 is 0 Å². The molecule has 18 heavy (non-hydrogen) atoms. The van der Waals surface area contributed by atoms with Crippen molar-refractivity contribution in [2.24, 2.45) is 0 Å². The number of hydrogen-bond donors (Lipinski definition) is 0. The third kappa shape index (κ3) is 11.0. The highest BCUT2D eigenvalue weighted by molar-refractivity contribution is 4.55. The Kier molecular flexibility index (Phi) is 10.6. The normalized spacial score (nSPS) is 16.8. The van der Waals surface area contributed by atoms with Crippen molar-refractivity contribution in [3.05, 3.63) is 0 Å². The summed E-state index contributed by atoms with van der Waals surface area (Å²) >= 11 is 0. The van der Waals surface area contributed by atoms with Gasteiger partial charge in [0.25, 0.3) is 0 Å². The van der Waals surface area contributed by atoms with Crippen LogP contribution in [-0.4, -0.2) is 50.8 Å².